The van der Waals surface area contributed by atoms with Gasteiger partial charge in [-0.25, -0.2) is 17.2 Å². The van der Waals surface area contributed by atoms with E-state index in [2.05, 4.69) is 15.9 Å². The first-order chi connectivity index (χ1) is 24.1. The first-order valence-electron chi connectivity index (χ1n) is 18.2. The summed E-state index contributed by atoms with van der Waals surface area (Å²) >= 11 is 0. The minimum Gasteiger partial charge on any atom is -0.469 e. The fourth-order valence-electron chi connectivity index (χ4n) is 9.53. The molecule has 3 heterocycles. The van der Waals surface area contributed by atoms with Crippen LogP contribution in [0.5, 0.6) is 0 Å². The van der Waals surface area contributed by atoms with Crippen LogP contribution in [0.1, 0.15) is 50.5 Å². The van der Waals surface area contributed by atoms with E-state index in [9.17, 15) is 17.6 Å². The summed E-state index contributed by atoms with van der Waals surface area (Å²) < 4.78 is 62.3. The zero-order valence-electron chi connectivity index (χ0n) is 29.0. The Kier molecular flexibility index (Phi) is 10.1. The predicted octanol–water partition coefficient (Wildman–Crippen LogP) is 6.52. The lowest BCUT2D eigenvalue weighted by Crippen LogP contribution is -2.64. The number of rotatable bonds is 12. The van der Waals surface area contributed by atoms with Gasteiger partial charge in [-0.3, -0.25) is 9.69 Å². The number of esters is 1. The summed E-state index contributed by atoms with van der Waals surface area (Å²) in [6.07, 6.45) is 6.38. The molecule has 268 valence electrons. The van der Waals surface area contributed by atoms with Gasteiger partial charge in [0.25, 0.3) is 0 Å². The molecular formula is C40H49F2N3O4S. The van der Waals surface area contributed by atoms with E-state index in [1.165, 1.54) is 19.6 Å². The van der Waals surface area contributed by atoms with Gasteiger partial charge in [-0.1, -0.05) is 36.8 Å². The van der Waals surface area contributed by atoms with Crippen LogP contribution >= 0.6 is 0 Å². The molecule has 4 fully saturated rings. The summed E-state index contributed by atoms with van der Waals surface area (Å²) in [7, 11) is -2.15. The molecule has 3 aromatic carbocycles. The van der Waals surface area contributed by atoms with Crippen molar-refractivity contribution >= 4 is 21.5 Å². The van der Waals surface area contributed by atoms with Gasteiger partial charge >= 0.3 is 5.97 Å². The SMILES string of the molecule is COC(=O)C[C@H]1CCC[C@@H]1[C@](CN1CCC1)(c1cccc(F)c1)C1CCN(CC2(F)CN(c3ccc(S(=O)(=O)c4ccccc4)cc3)C2)CC1. The molecule has 3 saturated heterocycles. The van der Waals surface area contributed by atoms with Crippen molar-refractivity contribution in [1.82, 2.24) is 9.80 Å². The molecule has 3 aliphatic heterocycles. The van der Waals surface area contributed by atoms with Gasteiger partial charge in [-0.15, -0.1) is 0 Å². The second-order valence-electron chi connectivity index (χ2n) is 15.1. The molecule has 0 amide bonds. The van der Waals surface area contributed by atoms with Gasteiger partial charge in [0.15, 0.2) is 5.67 Å². The number of alkyl halides is 1. The minimum absolute atomic E-state index is 0.176. The third-order valence-electron chi connectivity index (χ3n) is 12.1. The number of hydrogen-bond acceptors (Lipinski definition) is 7. The summed E-state index contributed by atoms with van der Waals surface area (Å²) in [4.78, 5) is 19.8. The van der Waals surface area contributed by atoms with Crippen molar-refractivity contribution < 1.29 is 26.7 Å². The second kappa shape index (κ2) is 14.4. The third kappa shape index (κ3) is 6.95. The monoisotopic (exact) mass is 705 g/mol. The second-order valence-corrected chi connectivity index (χ2v) is 17.1. The van der Waals surface area contributed by atoms with Crippen molar-refractivity contribution in [3.8, 4) is 0 Å². The van der Waals surface area contributed by atoms with E-state index < -0.39 is 15.5 Å². The number of benzene rings is 3. The number of methoxy groups -OCH3 is 1. The van der Waals surface area contributed by atoms with Gasteiger partial charge in [0.05, 0.1) is 30.0 Å². The minimum atomic E-state index is -3.61. The Morgan fingerprint density at radius 2 is 1.56 bits per heavy atom. The maximum absolute atomic E-state index is 16.2. The van der Waals surface area contributed by atoms with E-state index in [0.29, 0.717) is 13.0 Å². The van der Waals surface area contributed by atoms with Gasteiger partial charge in [-0.05, 0) is 130 Å². The van der Waals surface area contributed by atoms with E-state index in [1.54, 1.807) is 60.7 Å². The van der Waals surface area contributed by atoms with Crippen molar-refractivity contribution in [2.24, 2.45) is 17.8 Å². The molecule has 0 radical (unpaired) electrons. The molecule has 4 aliphatic rings. The lowest BCUT2D eigenvalue weighted by atomic mass is 9.56. The zero-order chi connectivity index (χ0) is 34.9. The number of ether oxygens (including phenoxy) is 1. The summed E-state index contributed by atoms with van der Waals surface area (Å²) in [5.41, 5.74) is 0.206. The average Bonchev–Trinajstić information content (AvgIpc) is 3.56. The maximum Gasteiger partial charge on any atom is 0.305 e. The molecule has 1 aliphatic carbocycles. The smallest absolute Gasteiger partial charge is 0.305 e. The molecule has 50 heavy (non-hydrogen) atoms. The van der Waals surface area contributed by atoms with Crippen LogP contribution in [0, 0.1) is 23.6 Å². The van der Waals surface area contributed by atoms with E-state index in [4.69, 9.17) is 4.74 Å². The molecule has 1 saturated carbocycles. The number of nitrogens with zero attached hydrogens (tertiary/aromatic N) is 3. The highest BCUT2D eigenvalue weighted by atomic mass is 32.2. The van der Waals surface area contributed by atoms with Gasteiger partial charge in [0.1, 0.15) is 5.82 Å². The number of anilines is 1. The molecular weight excluding hydrogens is 657 g/mol. The van der Waals surface area contributed by atoms with Crippen LogP contribution in [-0.4, -0.2) is 89.3 Å². The Morgan fingerprint density at radius 3 is 2.20 bits per heavy atom. The maximum atomic E-state index is 16.2. The van der Waals surface area contributed by atoms with Crippen LogP contribution in [0.25, 0.3) is 0 Å². The van der Waals surface area contributed by atoms with Crippen molar-refractivity contribution in [3.05, 3.63) is 90.2 Å². The summed E-state index contributed by atoms with van der Waals surface area (Å²) in [5.74, 6) is 0.306. The third-order valence-corrected chi connectivity index (χ3v) is 13.9. The summed E-state index contributed by atoms with van der Waals surface area (Å²) in [5, 5.41) is 0. The number of carbonyl (C=O) groups is 1. The molecule has 7 nitrogen and oxygen atoms in total. The molecule has 0 N–H and O–H groups in total. The standard InChI is InChI=1S/C40H49F2N3O4S/c1-49-38(46)24-30-8-5-13-37(30)40(29-43-20-7-21-43,32-9-6-10-33(41)25-32)31-18-22-44(23-19-31)26-39(42)27-45(28-39)34-14-16-36(17-15-34)50(47,48)35-11-3-2-4-12-35/h2-4,6,9-12,14-17,25,30-31,37H,5,7-8,13,18-24,26-29H2,1H3/t30-,37+,40+/m1/s1. The molecule has 0 unspecified atom stereocenters. The van der Waals surface area contributed by atoms with Crippen molar-refractivity contribution in [3.63, 3.8) is 0 Å². The van der Waals surface area contributed by atoms with E-state index in [1.807, 2.05) is 11.0 Å². The number of likely N-dealkylation sites (tertiary alicyclic amines) is 2. The van der Waals surface area contributed by atoms with Crippen LogP contribution < -0.4 is 4.90 Å². The van der Waals surface area contributed by atoms with Crippen molar-refractivity contribution in [2.45, 2.75) is 65.8 Å². The first-order valence-corrected chi connectivity index (χ1v) is 19.7. The van der Waals surface area contributed by atoms with E-state index >= 15 is 4.39 Å². The Hall–Kier alpha value is -3.34. The van der Waals surface area contributed by atoms with Gasteiger partial charge in [-0.2, -0.15) is 0 Å². The predicted molar refractivity (Wildman–Crippen MR) is 190 cm³/mol. The highest BCUT2D eigenvalue weighted by Crippen LogP contribution is 2.54. The lowest BCUT2D eigenvalue weighted by molar-refractivity contribution is -0.142. The number of sulfone groups is 1. The van der Waals surface area contributed by atoms with Crippen LogP contribution in [0.2, 0.25) is 0 Å². The molecule has 7 rings (SSSR count). The van der Waals surface area contributed by atoms with Crippen molar-refractivity contribution in [1.29, 1.82) is 0 Å². The Labute approximate surface area is 295 Å². The Morgan fingerprint density at radius 1 is 0.860 bits per heavy atom. The Balaban J connectivity index is 1.03. The summed E-state index contributed by atoms with van der Waals surface area (Å²) in [6, 6.07) is 22.3. The number of piperidine rings is 1. The average molecular weight is 706 g/mol. The van der Waals surface area contributed by atoms with Gasteiger partial charge in [0, 0.05) is 30.6 Å². The fourth-order valence-corrected chi connectivity index (χ4v) is 10.8. The quantitative estimate of drug-likeness (QED) is 0.199. The number of hydrogen-bond donors (Lipinski definition) is 0. The van der Waals surface area contributed by atoms with Crippen LogP contribution in [0.15, 0.2) is 88.7 Å². The first kappa shape index (κ1) is 35.1. The molecule has 0 spiro atoms. The van der Waals surface area contributed by atoms with Crippen LogP contribution in [0.3, 0.4) is 0 Å². The topological polar surface area (TPSA) is 70.2 Å². The normalized spacial score (nSPS) is 24.3. The van der Waals surface area contributed by atoms with Gasteiger partial charge < -0.3 is 14.5 Å². The number of halogens is 2. The summed E-state index contributed by atoms with van der Waals surface area (Å²) in [6.45, 7) is 5.35. The lowest BCUT2D eigenvalue weighted by Gasteiger charge is -2.54. The fraction of sp³-hybridized carbons (Fsp3) is 0.525. The highest BCUT2D eigenvalue weighted by Gasteiger charge is 2.53. The van der Waals surface area contributed by atoms with E-state index in [0.717, 1.165) is 76.1 Å². The molecule has 3 aromatic rings. The van der Waals surface area contributed by atoms with Crippen molar-refractivity contribution in [2.75, 3.05) is 64.4 Å². The Bertz CT molecular complexity index is 1740. The molecule has 10 heteroatoms. The molecule has 0 bridgehead atoms. The largest absolute Gasteiger partial charge is 0.469 e. The van der Waals surface area contributed by atoms with Crippen LogP contribution in [-0.2, 0) is 24.8 Å². The van der Waals surface area contributed by atoms with Gasteiger partial charge in [0.2, 0.25) is 9.84 Å². The molecule has 3 atom stereocenters. The number of carbonyl (C=O) groups excluding carboxylic acids is 1. The highest BCUT2D eigenvalue weighted by molar-refractivity contribution is 7.91. The molecule has 0 aromatic heterocycles. The van der Waals surface area contributed by atoms with Crippen LogP contribution in [0.4, 0.5) is 14.5 Å². The zero-order valence-corrected chi connectivity index (χ0v) is 29.8. The van der Waals surface area contributed by atoms with E-state index in [-0.39, 0.29) is 57.8 Å².